The number of hydrogen-bond acceptors (Lipinski definition) is 4. The van der Waals surface area contributed by atoms with Crippen LogP contribution in [0.1, 0.15) is 5.56 Å². The van der Waals surface area contributed by atoms with E-state index in [1.54, 1.807) is 12.3 Å². The van der Waals surface area contributed by atoms with E-state index in [0.29, 0.717) is 0 Å². The molecule has 0 fully saturated rings. The van der Waals surface area contributed by atoms with Crippen LogP contribution in [0.5, 0.6) is 0 Å². The minimum absolute atomic E-state index is 0.238. The Labute approximate surface area is 296 Å². The Morgan fingerprint density at radius 1 is 0.451 bits per heavy atom. The lowest BCUT2D eigenvalue weighted by Gasteiger charge is -2.19. The van der Waals surface area contributed by atoms with Crippen molar-refractivity contribution < 1.29 is 0 Å². The van der Waals surface area contributed by atoms with Gasteiger partial charge in [-0.05, 0) is 113 Å². The normalized spacial score (nSPS) is 12.5. The van der Waals surface area contributed by atoms with Crippen molar-refractivity contribution in [2.24, 2.45) is 0 Å². The van der Waals surface area contributed by atoms with Gasteiger partial charge in [-0.15, -0.1) is 0 Å². The number of benzene rings is 7. The van der Waals surface area contributed by atoms with Crippen molar-refractivity contribution in [1.82, 2.24) is 4.98 Å². The molecule has 0 bridgehead atoms. The molecule has 7 aromatic carbocycles. The first kappa shape index (κ1) is 31.4. The summed E-state index contributed by atoms with van der Waals surface area (Å²) in [4.78, 5) is 4.05. The van der Waals surface area contributed by atoms with Gasteiger partial charge in [0.25, 0.3) is 0 Å². The molecule has 4 N–H and O–H groups in total. The highest BCUT2D eigenvalue weighted by Crippen LogP contribution is 2.43. The molecule has 9 rings (SSSR count). The second kappa shape index (κ2) is 13.5. The van der Waals surface area contributed by atoms with Crippen LogP contribution in [-0.2, 0) is 0 Å². The van der Waals surface area contributed by atoms with Crippen LogP contribution in [0.3, 0.4) is 0 Å². The maximum atomic E-state index is 8.28. The lowest BCUT2D eigenvalue weighted by atomic mass is 9.84. The zero-order chi connectivity index (χ0) is 34.7. The smallest absolute Gasteiger partial charge is 0.0795 e. The van der Waals surface area contributed by atoms with E-state index < -0.39 is 0 Å². The van der Waals surface area contributed by atoms with Crippen molar-refractivity contribution in [3.63, 3.8) is 0 Å². The molecule has 0 unspecified atom stereocenters. The summed E-state index contributed by atoms with van der Waals surface area (Å²) < 4.78 is 0. The van der Waals surface area contributed by atoms with E-state index in [9.17, 15) is 0 Å². The van der Waals surface area contributed by atoms with Crippen molar-refractivity contribution in [2.75, 3.05) is 5.73 Å². The minimum Gasteiger partial charge on any atom is -0.399 e. The highest BCUT2D eigenvalue weighted by molar-refractivity contribution is 6.50. The van der Waals surface area contributed by atoms with Gasteiger partial charge in [-0.25, -0.2) is 0 Å². The van der Waals surface area contributed by atoms with Gasteiger partial charge in [-0.3, -0.25) is 15.8 Å². The van der Waals surface area contributed by atoms with Gasteiger partial charge in [0.1, 0.15) is 0 Å². The number of nitrogen functional groups attached to an aromatic ring is 1. The second-order valence-corrected chi connectivity index (χ2v) is 12.6. The van der Waals surface area contributed by atoms with Gasteiger partial charge >= 0.3 is 0 Å². The zero-order valence-electron chi connectivity index (χ0n) is 27.8. The highest BCUT2D eigenvalue weighted by Gasteiger charge is 2.19. The first-order valence-corrected chi connectivity index (χ1v) is 16.9. The molecule has 0 amide bonds. The number of aromatic nitrogens is 1. The van der Waals surface area contributed by atoms with Crippen molar-refractivity contribution >= 4 is 55.0 Å². The van der Waals surface area contributed by atoms with Gasteiger partial charge in [0.15, 0.2) is 0 Å². The van der Waals surface area contributed by atoms with Crippen LogP contribution in [0, 0.1) is 10.8 Å². The van der Waals surface area contributed by atoms with Crippen LogP contribution in [-0.4, -0.2) is 16.4 Å². The topological polar surface area (TPSA) is 86.6 Å². The summed E-state index contributed by atoms with van der Waals surface area (Å²) in [5, 5.41) is 23.4. The molecule has 1 aromatic heterocycles. The van der Waals surface area contributed by atoms with Crippen LogP contribution >= 0.6 is 0 Å². The fourth-order valence-corrected chi connectivity index (χ4v) is 6.98. The van der Waals surface area contributed by atoms with E-state index in [4.69, 9.17) is 16.6 Å². The van der Waals surface area contributed by atoms with Crippen molar-refractivity contribution in [3.05, 3.63) is 188 Å². The Hall–Kier alpha value is -6.91. The fraction of sp³-hybridized carbons (Fsp3) is 0. The van der Waals surface area contributed by atoms with Gasteiger partial charge < -0.3 is 5.73 Å². The quantitative estimate of drug-likeness (QED) is 0.100. The molecule has 0 radical (unpaired) electrons. The summed E-state index contributed by atoms with van der Waals surface area (Å²) in [5.41, 5.74) is 16.0. The van der Waals surface area contributed by atoms with Crippen LogP contribution in [0.4, 0.5) is 5.69 Å². The van der Waals surface area contributed by atoms with E-state index in [-0.39, 0.29) is 11.4 Å². The predicted octanol–water partition coefficient (Wildman–Crippen LogP) is 11.8. The zero-order valence-corrected chi connectivity index (χ0v) is 27.8. The Morgan fingerprint density at radius 3 is 1.71 bits per heavy atom. The predicted molar refractivity (Wildman–Crippen MR) is 216 cm³/mol. The molecular weight excluding hydrogens is 621 g/mol. The average molecular weight is 655 g/mol. The first-order chi connectivity index (χ1) is 25.0. The Bertz CT molecular complexity index is 2610. The van der Waals surface area contributed by atoms with Crippen LogP contribution in [0.15, 0.2) is 182 Å². The van der Waals surface area contributed by atoms with Crippen LogP contribution in [0.25, 0.3) is 71.3 Å². The SMILES string of the molecule is N=C1C=CC(c2c3ccccc3c(-c3cccc(-c4cccc5ccccc45)c3)c3ccccc23)=CC1=N.Nc1ccc(-c2cccnc2)cc1. The van der Waals surface area contributed by atoms with Crippen LogP contribution in [0.2, 0.25) is 0 Å². The monoisotopic (exact) mass is 654 g/mol. The maximum Gasteiger partial charge on any atom is 0.0795 e. The van der Waals surface area contributed by atoms with Gasteiger partial charge in [-0.2, -0.15) is 0 Å². The number of allylic oxidation sites excluding steroid dienone is 4. The lowest BCUT2D eigenvalue weighted by Crippen LogP contribution is -2.10. The van der Waals surface area contributed by atoms with E-state index in [2.05, 4.69) is 120 Å². The van der Waals surface area contributed by atoms with E-state index in [1.807, 2.05) is 54.7 Å². The Kier molecular flexibility index (Phi) is 8.33. The third-order valence-electron chi connectivity index (χ3n) is 9.40. The summed E-state index contributed by atoms with van der Waals surface area (Å²) >= 11 is 0. The summed E-state index contributed by atoms with van der Waals surface area (Å²) in [7, 11) is 0. The fourth-order valence-electron chi connectivity index (χ4n) is 6.98. The number of anilines is 1. The van der Waals surface area contributed by atoms with E-state index >= 15 is 0 Å². The van der Waals surface area contributed by atoms with Gasteiger partial charge in [-0.1, -0.05) is 133 Å². The molecule has 1 aliphatic rings. The van der Waals surface area contributed by atoms with E-state index in [0.717, 1.165) is 38.7 Å². The Balaban J connectivity index is 0.000000242. The Morgan fingerprint density at radius 2 is 1.04 bits per heavy atom. The van der Waals surface area contributed by atoms with Crippen molar-refractivity contribution in [2.45, 2.75) is 0 Å². The average Bonchev–Trinajstić information content (AvgIpc) is 3.19. The number of nitrogens with one attached hydrogen (secondary N) is 2. The van der Waals surface area contributed by atoms with Gasteiger partial charge in [0.05, 0.1) is 11.4 Å². The second-order valence-electron chi connectivity index (χ2n) is 12.6. The molecule has 0 spiro atoms. The molecule has 0 saturated carbocycles. The molecule has 242 valence electrons. The minimum atomic E-state index is 0.238. The molecule has 0 aliphatic heterocycles. The van der Waals surface area contributed by atoms with Gasteiger partial charge in [0, 0.05) is 18.1 Å². The first-order valence-electron chi connectivity index (χ1n) is 16.9. The number of nitrogens with two attached hydrogens (primary N) is 1. The molecule has 0 saturated heterocycles. The number of nitrogens with zero attached hydrogens (tertiary/aromatic N) is 1. The summed E-state index contributed by atoms with van der Waals surface area (Å²) in [6.45, 7) is 0. The molecule has 4 nitrogen and oxygen atoms in total. The third kappa shape index (κ3) is 6.11. The molecular formula is C47H34N4. The molecule has 51 heavy (non-hydrogen) atoms. The van der Waals surface area contributed by atoms with Crippen molar-refractivity contribution in [3.8, 4) is 33.4 Å². The molecule has 8 aromatic rings. The summed E-state index contributed by atoms with van der Waals surface area (Å²) in [6, 6.07) is 52.7. The molecule has 0 atom stereocenters. The molecule has 4 heteroatoms. The number of pyridine rings is 1. The number of rotatable bonds is 4. The van der Waals surface area contributed by atoms with Crippen LogP contribution < -0.4 is 5.73 Å². The lowest BCUT2D eigenvalue weighted by molar-refractivity contribution is 1.33. The van der Waals surface area contributed by atoms with Gasteiger partial charge in [0.2, 0.25) is 0 Å². The number of hydrogen-bond donors (Lipinski definition) is 3. The molecule has 1 heterocycles. The van der Waals surface area contributed by atoms with Crippen molar-refractivity contribution in [1.29, 1.82) is 10.8 Å². The largest absolute Gasteiger partial charge is 0.399 e. The standard InChI is InChI=1S/C36H24N2.C11H10N2/c37-33-20-19-26(22-34(33)38)36-31-16-5-3-14-29(31)35(30-15-4-6-17-32(30)36)25-12-7-11-24(21-25)28-18-8-10-23-9-1-2-13-27(23)28;12-11-5-3-9(4-6-11)10-2-1-7-13-8-10/h1-22,37-38H;1-8H,12H2. The maximum absolute atomic E-state index is 8.28. The third-order valence-corrected chi connectivity index (χ3v) is 9.40. The number of fused-ring (bicyclic) bond motifs is 3. The summed E-state index contributed by atoms with van der Waals surface area (Å²) in [5.74, 6) is 0. The highest BCUT2D eigenvalue weighted by atomic mass is 14.6. The summed E-state index contributed by atoms with van der Waals surface area (Å²) in [6.07, 6.45) is 9.11. The molecule has 1 aliphatic carbocycles. The van der Waals surface area contributed by atoms with E-state index in [1.165, 1.54) is 43.8 Å².